The van der Waals surface area contributed by atoms with Crippen LogP contribution >= 0.6 is 0 Å². The van der Waals surface area contributed by atoms with Crippen LogP contribution < -0.4 is 0 Å². The van der Waals surface area contributed by atoms with Gasteiger partial charge < -0.3 is 4.52 Å². The van der Waals surface area contributed by atoms with E-state index in [1.807, 2.05) is 12.3 Å². The van der Waals surface area contributed by atoms with Crippen LogP contribution in [0.25, 0.3) is 0 Å². The lowest BCUT2D eigenvalue weighted by Crippen LogP contribution is -2.45. The van der Waals surface area contributed by atoms with Crippen LogP contribution in [-0.2, 0) is 13.1 Å². The molecule has 2 aromatic heterocycles. The molecule has 1 saturated carbocycles. The topological polar surface area (TPSA) is 45.4 Å². The van der Waals surface area contributed by atoms with Crippen molar-refractivity contribution in [3.05, 3.63) is 47.1 Å². The lowest BCUT2D eigenvalue weighted by atomic mass is 10.2. The van der Waals surface area contributed by atoms with Gasteiger partial charge in [0.25, 0.3) is 0 Å². The van der Waals surface area contributed by atoms with Gasteiger partial charge in [-0.15, -0.1) is 0 Å². The van der Waals surface area contributed by atoms with Gasteiger partial charge in [0.15, 0.2) is 0 Å². The summed E-state index contributed by atoms with van der Waals surface area (Å²) in [4.78, 5) is 9.47. The van der Waals surface area contributed by atoms with E-state index < -0.39 is 0 Å². The normalized spacial score (nSPS) is 20.0. The second kappa shape index (κ2) is 6.42. The summed E-state index contributed by atoms with van der Waals surface area (Å²) < 4.78 is 5.45. The summed E-state index contributed by atoms with van der Waals surface area (Å²) in [6, 6.07) is 6.30. The van der Waals surface area contributed by atoms with E-state index in [2.05, 4.69) is 39.0 Å². The quantitative estimate of drug-likeness (QED) is 0.849. The Morgan fingerprint density at radius 1 is 1.13 bits per heavy atom. The van der Waals surface area contributed by atoms with Crippen LogP contribution in [0.5, 0.6) is 0 Å². The van der Waals surface area contributed by atoms with E-state index in [1.165, 1.54) is 24.1 Å². The molecule has 0 N–H and O–H groups in total. The molecule has 1 aliphatic carbocycles. The first-order valence-corrected chi connectivity index (χ1v) is 8.58. The van der Waals surface area contributed by atoms with Crippen LogP contribution in [0.15, 0.2) is 28.9 Å². The molecule has 0 spiro atoms. The van der Waals surface area contributed by atoms with E-state index in [1.54, 1.807) is 0 Å². The Bertz CT molecular complexity index is 657. The third kappa shape index (κ3) is 3.62. The van der Waals surface area contributed by atoms with Crippen molar-refractivity contribution in [1.29, 1.82) is 0 Å². The van der Waals surface area contributed by atoms with Crippen LogP contribution in [0.3, 0.4) is 0 Å². The lowest BCUT2D eigenvalue weighted by Gasteiger charge is -2.34. The molecule has 0 atom stereocenters. The molecule has 1 saturated heterocycles. The summed E-state index contributed by atoms with van der Waals surface area (Å²) in [6.45, 7) is 8.34. The highest BCUT2D eigenvalue weighted by Crippen LogP contribution is 2.40. The Labute approximate surface area is 137 Å². The van der Waals surface area contributed by atoms with Gasteiger partial charge in [-0.2, -0.15) is 0 Å². The highest BCUT2D eigenvalue weighted by atomic mass is 16.5. The van der Waals surface area contributed by atoms with Gasteiger partial charge in [-0.25, -0.2) is 0 Å². The number of nitrogens with zero attached hydrogens (tertiary/aromatic N) is 4. The smallest absolute Gasteiger partial charge is 0.140 e. The number of hydrogen-bond acceptors (Lipinski definition) is 5. The van der Waals surface area contributed by atoms with E-state index in [0.29, 0.717) is 5.92 Å². The van der Waals surface area contributed by atoms with E-state index in [-0.39, 0.29) is 0 Å². The van der Waals surface area contributed by atoms with Crippen molar-refractivity contribution in [1.82, 2.24) is 19.9 Å². The van der Waals surface area contributed by atoms with Crippen LogP contribution in [0.4, 0.5) is 0 Å². The molecular formula is C18H24N4O. The molecule has 3 heterocycles. The van der Waals surface area contributed by atoms with Crippen molar-refractivity contribution in [2.24, 2.45) is 0 Å². The van der Waals surface area contributed by atoms with E-state index in [9.17, 15) is 0 Å². The molecule has 0 bridgehead atoms. The number of aromatic nitrogens is 2. The largest absolute Gasteiger partial charge is 0.361 e. The highest BCUT2D eigenvalue weighted by molar-refractivity contribution is 5.17. The Hall–Kier alpha value is -1.72. The molecule has 2 aromatic rings. The molecule has 2 aliphatic rings. The fourth-order valence-electron chi connectivity index (χ4n) is 3.19. The minimum absolute atomic E-state index is 0.648. The van der Waals surface area contributed by atoms with Gasteiger partial charge >= 0.3 is 0 Å². The fraction of sp³-hybridized carbons (Fsp3) is 0.556. The highest BCUT2D eigenvalue weighted by Gasteiger charge is 2.28. The predicted octanol–water partition coefficient (Wildman–Crippen LogP) is 2.57. The zero-order valence-electron chi connectivity index (χ0n) is 13.7. The molecule has 0 aromatic carbocycles. The Morgan fingerprint density at radius 3 is 2.57 bits per heavy atom. The molecular weight excluding hydrogens is 288 g/mol. The first-order valence-electron chi connectivity index (χ1n) is 8.58. The fourth-order valence-corrected chi connectivity index (χ4v) is 3.19. The Balaban J connectivity index is 1.27. The average molecular weight is 312 g/mol. The van der Waals surface area contributed by atoms with Gasteiger partial charge in [-0.3, -0.25) is 14.8 Å². The lowest BCUT2D eigenvalue weighted by molar-refractivity contribution is 0.119. The van der Waals surface area contributed by atoms with E-state index in [0.717, 1.165) is 50.7 Å². The molecule has 1 aliphatic heterocycles. The molecule has 5 nitrogen and oxygen atoms in total. The summed E-state index contributed by atoms with van der Waals surface area (Å²) in [5, 5.41) is 4.23. The zero-order valence-corrected chi connectivity index (χ0v) is 13.7. The molecule has 23 heavy (non-hydrogen) atoms. The second-order valence-corrected chi connectivity index (χ2v) is 6.81. The average Bonchev–Trinajstić information content (AvgIpc) is 3.32. The standard InChI is InChI=1S/C18H24N4O/c1-14-3-2-6-19-17(14)13-22-9-7-21(8-10-22)12-16-11-18(23-20-16)15-4-5-15/h2-3,6,11,15H,4-5,7-10,12-13H2,1H3. The molecule has 2 fully saturated rings. The van der Waals surface area contributed by atoms with Gasteiger partial charge in [0.2, 0.25) is 0 Å². The predicted molar refractivity (Wildman–Crippen MR) is 88.0 cm³/mol. The Morgan fingerprint density at radius 2 is 1.87 bits per heavy atom. The summed E-state index contributed by atoms with van der Waals surface area (Å²) in [5.41, 5.74) is 3.57. The van der Waals surface area contributed by atoms with E-state index in [4.69, 9.17) is 4.52 Å². The Kier molecular flexibility index (Phi) is 4.14. The number of hydrogen-bond donors (Lipinski definition) is 0. The maximum Gasteiger partial charge on any atom is 0.140 e. The molecule has 0 unspecified atom stereocenters. The van der Waals surface area contributed by atoms with Gasteiger partial charge in [-0.1, -0.05) is 11.2 Å². The van der Waals surface area contributed by atoms with Gasteiger partial charge in [0.1, 0.15) is 5.76 Å². The minimum atomic E-state index is 0.648. The van der Waals surface area contributed by atoms with Crippen molar-refractivity contribution >= 4 is 0 Å². The number of piperazine rings is 1. The molecule has 0 amide bonds. The monoisotopic (exact) mass is 312 g/mol. The first kappa shape index (κ1) is 14.8. The van der Waals surface area contributed by atoms with Gasteiger partial charge in [0, 0.05) is 57.4 Å². The third-order valence-corrected chi connectivity index (χ3v) is 4.90. The van der Waals surface area contributed by atoms with Gasteiger partial charge in [0.05, 0.1) is 11.4 Å². The summed E-state index contributed by atoms with van der Waals surface area (Å²) >= 11 is 0. The third-order valence-electron chi connectivity index (χ3n) is 4.90. The van der Waals surface area contributed by atoms with Crippen molar-refractivity contribution < 1.29 is 4.52 Å². The minimum Gasteiger partial charge on any atom is -0.361 e. The first-order chi connectivity index (χ1) is 11.3. The summed E-state index contributed by atoms with van der Waals surface area (Å²) in [5.74, 6) is 1.74. The maximum absolute atomic E-state index is 5.45. The molecule has 0 radical (unpaired) electrons. The number of aryl methyl sites for hydroxylation is 1. The van der Waals surface area contributed by atoms with Gasteiger partial charge in [-0.05, 0) is 31.4 Å². The van der Waals surface area contributed by atoms with Crippen LogP contribution in [0, 0.1) is 6.92 Å². The van der Waals surface area contributed by atoms with Crippen LogP contribution in [-0.4, -0.2) is 46.1 Å². The summed E-state index contributed by atoms with van der Waals surface area (Å²) in [7, 11) is 0. The molecule has 122 valence electrons. The van der Waals surface area contributed by atoms with E-state index >= 15 is 0 Å². The van der Waals surface area contributed by atoms with Crippen molar-refractivity contribution in [3.63, 3.8) is 0 Å². The van der Waals surface area contributed by atoms with Crippen molar-refractivity contribution in [2.75, 3.05) is 26.2 Å². The molecule has 5 heteroatoms. The number of rotatable bonds is 5. The van der Waals surface area contributed by atoms with Crippen molar-refractivity contribution in [3.8, 4) is 0 Å². The SMILES string of the molecule is Cc1cccnc1CN1CCN(Cc2cc(C3CC3)on2)CC1. The second-order valence-electron chi connectivity index (χ2n) is 6.81. The number of pyridine rings is 1. The van der Waals surface area contributed by atoms with Crippen LogP contribution in [0.1, 0.15) is 41.5 Å². The maximum atomic E-state index is 5.45. The molecule has 4 rings (SSSR count). The summed E-state index contributed by atoms with van der Waals surface area (Å²) in [6.07, 6.45) is 4.42. The van der Waals surface area contributed by atoms with Crippen molar-refractivity contribution in [2.45, 2.75) is 38.8 Å². The zero-order chi connectivity index (χ0) is 15.6. The van der Waals surface area contributed by atoms with Crippen LogP contribution in [0.2, 0.25) is 0 Å².